The molecule has 0 aromatic heterocycles. The zero-order valence-corrected chi connectivity index (χ0v) is 15.6. The molecule has 0 aromatic rings. The second-order valence-electron chi connectivity index (χ2n) is 9.58. The lowest BCUT2D eigenvalue weighted by atomic mass is 9.47. The second-order valence-corrected chi connectivity index (χ2v) is 9.58. The van der Waals surface area contributed by atoms with Crippen molar-refractivity contribution in [2.45, 2.75) is 71.3 Å². The third-order valence-electron chi connectivity index (χ3n) is 8.77. The van der Waals surface area contributed by atoms with Crippen LogP contribution in [-0.2, 0) is 0 Å². The van der Waals surface area contributed by atoms with E-state index in [4.69, 9.17) is 0 Å². The lowest BCUT2D eigenvalue weighted by Gasteiger charge is -2.58. The van der Waals surface area contributed by atoms with Gasteiger partial charge in [-0.3, -0.25) is 0 Å². The molecular weight excluding hydrogens is 314 g/mol. The van der Waals surface area contributed by atoms with E-state index in [0.717, 1.165) is 44.4 Å². The molecule has 0 aromatic carbocycles. The van der Waals surface area contributed by atoms with Crippen molar-refractivity contribution in [1.82, 2.24) is 0 Å². The summed E-state index contributed by atoms with van der Waals surface area (Å²) >= 11 is 0. The van der Waals surface area contributed by atoms with Crippen molar-refractivity contribution in [2.75, 3.05) is 6.61 Å². The molecule has 0 spiro atoms. The Bertz CT molecular complexity index is 600. The summed E-state index contributed by atoms with van der Waals surface area (Å²) in [5.41, 5.74) is 2.52. The molecule has 7 unspecified atom stereocenters. The smallest absolute Gasteiger partial charge is 0.0860 e. The standard InChI is InChI=1S/C21H33NO3/c1-20-9-7-14(24)11-13(20)3-4-15-16-5-6-18(19(12-23)22-25)21(16,2)10-8-17(15)20/h3,14-18,23-25H,4-12H2,1-2H3. The maximum Gasteiger partial charge on any atom is 0.0860 e. The van der Waals surface area contributed by atoms with Crippen molar-refractivity contribution in [3.05, 3.63) is 11.6 Å². The van der Waals surface area contributed by atoms with Gasteiger partial charge < -0.3 is 15.4 Å². The van der Waals surface area contributed by atoms with E-state index in [1.165, 1.54) is 18.4 Å². The van der Waals surface area contributed by atoms with Crippen molar-refractivity contribution in [2.24, 2.45) is 39.7 Å². The first kappa shape index (κ1) is 17.5. The molecule has 4 aliphatic rings. The zero-order chi connectivity index (χ0) is 17.8. The van der Waals surface area contributed by atoms with E-state index in [0.29, 0.717) is 17.5 Å². The Kier molecular flexibility index (Phi) is 4.27. The van der Waals surface area contributed by atoms with Gasteiger partial charge >= 0.3 is 0 Å². The van der Waals surface area contributed by atoms with E-state index in [1.807, 2.05) is 0 Å². The normalized spacial score (nSPS) is 49.8. The molecule has 4 heteroatoms. The van der Waals surface area contributed by atoms with E-state index in [2.05, 4.69) is 25.1 Å². The summed E-state index contributed by atoms with van der Waals surface area (Å²) < 4.78 is 0. The van der Waals surface area contributed by atoms with Crippen molar-refractivity contribution < 1.29 is 15.4 Å². The van der Waals surface area contributed by atoms with Gasteiger partial charge in [-0.15, -0.1) is 0 Å². The molecule has 0 saturated heterocycles. The van der Waals surface area contributed by atoms with Gasteiger partial charge in [-0.25, -0.2) is 0 Å². The average molecular weight is 347 g/mol. The summed E-state index contributed by atoms with van der Waals surface area (Å²) in [6.45, 7) is 4.70. The quantitative estimate of drug-likeness (QED) is 0.308. The van der Waals surface area contributed by atoms with Gasteiger partial charge in [0.25, 0.3) is 0 Å². The number of oxime groups is 1. The minimum absolute atomic E-state index is 0.128. The minimum atomic E-state index is -0.145. The highest BCUT2D eigenvalue weighted by molar-refractivity contribution is 5.88. The fourth-order valence-electron chi connectivity index (χ4n) is 7.40. The summed E-state index contributed by atoms with van der Waals surface area (Å²) in [6, 6.07) is 0. The van der Waals surface area contributed by atoms with E-state index >= 15 is 0 Å². The number of hydrogen-bond donors (Lipinski definition) is 3. The zero-order valence-electron chi connectivity index (χ0n) is 15.6. The lowest BCUT2D eigenvalue weighted by Crippen LogP contribution is -2.51. The van der Waals surface area contributed by atoms with E-state index in [-0.39, 0.29) is 29.5 Å². The largest absolute Gasteiger partial charge is 0.411 e. The maximum absolute atomic E-state index is 10.1. The summed E-state index contributed by atoms with van der Waals surface area (Å²) in [5, 5.41) is 32.5. The first-order chi connectivity index (χ1) is 11.9. The first-order valence-electron chi connectivity index (χ1n) is 10.1. The van der Waals surface area contributed by atoms with Gasteiger partial charge in [0.2, 0.25) is 0 Å². The van der Waals surface area contributed by atoms with Gasteiger partial charge in [0.05, 0.1) is 18.4 Å². The third-order valence-corrected chi connectivity index (χ3v) is 8.77. The van der Waals surface area contributed by atoms with Gasteiger partial charge in [-0.1, -0.05) is 30.7 Å². The predicted octanol–water partition coefficient (Wildman–Crippen LogP) is 3.75. The molecule has 3 saturated carbocycles. The van der Waals surface area contributed by atoms with E-state index in [9.17, 15) is 15.4 Å². The predicted molar refractivity (Wildman–Crippen MR) is 97.5 cm³/mol. The fraction of sp³-hybridized carbons (Fsp3) is 0.857. The number of fused-ring (bicyclic) bond motifs is 5. The number of rotatable bonds is 2. The Morgan fingerprint density at radius 1 is 1.16 bits per heavy atom. The van der Waals surface area contributed by atoms with Crippen LogP contribution in [0.15, 0.2) is 16.8 Å². The molecule has 0 amide bonds. The maximum atomic E-state index is 10.1. The van der Waals surface area contributed by atoms with Crippen LogP contribution in [0.4, 0.5) is 0 Å². The van der Waals surface area contributed by atoms with Crippen LogP contribution in [0.3, 0.4) is 0 Å². The van der Waals surface area contributed by atoms with Crippen molar-refractivity contribution in [3.8, 4) is 0 Å². The molecule has 4 nitrogen and oxygen atoms in total. The molecule has 7 atom stereocenters. The molecule has 0 aliphatic heterocycles. The van der Waals surface area contributed by atoms with Crippen molar-refractivity contribution >= 4 is 5.71 Å². The minimum Gasteiger partial charge on any atom is -0.411 e. The monoisotopic (exact) mass is 347 g/mol. The highest BCUT2D eigenvalue weighted by Crippen LogP contribution is 2.66. The average Bonchev–Trinajstić information content (AvgIpc) is 2.94. The van der Waals surface area contributed by atoms with E-state index < -0.39 is 0 Å². The van der Waals surface area contributed by atoms with Crippen LogP contribution < -0.4 is 0 Å². The third kappa shape index (κ3) is 2.43. The molecular formula is C21H33NO3. The Morgan fingerprint density at radius 3 is 2.68 bits per heavy atom. The highest BCUT2D eigenvalue weighted by atomic mass is 16.4. The number of aliphatic hydroxyl groups is 2. The lowest BCUT2D eigenvalue weighted by molar-refractivity contribution is -0.0428. The molecule has 0 radical (unpaired) electrons. The summed E-state index contributed by atoms with van der Waals surface area (Å²) in [5.74, 6) is 2.30. The number of allylic oxidation sites excluding steroid dienone is 1. The van der Waals surface area contributed by atoms with Crippen LogP contribution in [0.1, 0.15) is 65.2 Å². The first-order valence-corrected chi connectivity index (χ1v) is 10.1. The molecule has 140 valence electrons. The van der Waals surface area contributed by atoms with Gasteiger partial charge in [-0.05, 0) is 80.0 Å². The van der Waals surface area contributed by atoms with Crippen LogP contribution >= 0.6 is 0 Å². The molecule has 3 fully saturated rings. The van der Waals surface area contributed by atoms with Gasteiger partial charge in [0.15, 0.2) is 0 Å². The van der Waals surface area contributed by atoms with Gasteiger partial charge in [-0.2, -0.15) is 0 Å². The van der Waals surface area contributed by atoms with Gasteiger partial charge in [0.1, 0.15) is 0 Å². The van der Waals surface area contributed by atoms with Crippen molar-refractivity contribution in [1.29, 1.82) is 0 Å². The highest BCUT2D eigenvalue weighted by Gasteiger charge is 2.59. The van der Waals surface area contributed by atoms with E-state index in [1.54, 1.807) is 0 Å². The van der Waals surface area contributed by atoms with Crippen LogP contribution in [0.2, 0.25) is 0 Å². The van der Waals surface area contributed by atoms with Crippen molar-refractivity contribution in [3.63, 3.8) is 0 Å². The fourth-order valence-corrected chi connectivity index (χ4v) is 7.40. The van der Waals surface area contributed by atoms with Crippen LogP contribution in [0.25, 0.3) is 0 Å². The molecule has 25 heavy (non-hydrogen) atoms. The Hall–Kier alpha value is -0.870. The molecule has 0 bridgehead atoms. The summed E-state index contributed by atoms with van der Waals surface area (Å²) in [6.07, 6.45) is 11.0. The molecule has 4 aliphatic carbocycles. The van der Waals surface area contributed by atoms with Crippen LogP contribution in [-0.4, -0.2) is 33.8 Å². The molecule has 0 heterocycles. The Morgan fingerprint density at radius 2 is 1.96 bits per heavy atom. The number of aliphatic hydroxyl groups excluding tert-OH is 2. The number of hydrogen-bond acceptors (Lipinski definition) is 4. The van der Waals surface area contributed by atoms with Gasteiger partial charge in [0, 0.05) is 5.92 Å². The number of nitrogens with zero attached hydrogens (tertiary/aromatic N) is 1. The molecule has 4 rings (SSSR count). The topological polar surface area (TPSA) is 73.0 Å². The summed E-state index contributed by atoms with van der Waals surface area (Å²) in [7, 11) is 0. The Balaban J connectivity index is 1.64. The molecule has 3 N–H and O–H groups in total. The summed E-state index contributed by atoms with van der Waals surface area (Å²) in [4.78, 5) is 0. The van der Waals surface area contributed by atoms with Crippen LogP contribution in [0.5, 0.6) is 0 Å². The van der Waals surface area contributed by atoms with Crippen LogP contribution in [0, 0.1) is 34.5 Å². The second kappa shape index (κ2) is 6.09. The Labute approximate surface area is 151 Å². The SMILES string of the molecule is CC12CCC(O)CC1=CCC1C2CCC2(C)C(C(CO)=NO)CCC12.